The van der Waals surface area contributed by atoms with Crippen molar-refractivity contribution in [1.29, 1.82) is 0 Å². The molecule has 3 nitrogen and oxygen atoms in total. The van der Waals surface area contributed by atoms with Crippen LogP contribution in [0.2, 0.25) is 0 Å². The Hall–Kier alpha value is -1.35. The second-order valence-electron chi connectivity index (χ2n) is 7.60. The number of anilines is 1. The predicted octanol–water partition coefficient (Wildman–Crippen LogP) is 3.00. The van der Waals surface area contributed by atoms with Crippen molar-refractivity contribution in [3.8, 4) is 0 Å². The zero-order chi connectivity index (χ0) is 15.2. The maximum Gasteiger partial charge on any atom is 0.230 e. The normalized spacial score (nSPS) is 25.2. The van der Waals surface area contributed by atoms with Gasteiger partial charge in [0.1, 0.15) is 0 Å². The summed E-state index contributed by atoms with van der Waals surface area (Å²) >= 11 is 0. The monoisotopic (exact) mass is 286 g/mol. The van der Waals surface area contributed by atoms with Crippen molar-refractivity contribution in [2.75, 3.05) is 11.4 Å². The minimum Gasteiger partial charge on any atom is -0.328 e. The molecular weight excluding hydrogens is 260 g/mol. The highest BCUT2D eigenvalue weighted by Crippen LogP contribution is 2.35. The molecule has 3 heteroatoms. The fourth-order valence-corrected chi connectivity index (χ4v) is 3.56. The summed E-state index contributed by atoms with van der Waals surface area (Å²) in [7, 11) is 0. The number of hydrogen-bond donors (Lipinski definition) is 1. The van der Waals surface area contributed by atoms with Crippen LogP contribution in [0.4, 0.5) is 5.69 Å². The highest BCUT2D eigenvalue weighted by Gasteiger charge is 2.34. The zero-order valence-electron chi connectivity index (χ0n) is 13.4. The van der Waals surface area contributed by atoms with Crippen molar-refractivity contribution >= 4 is 11.6 Å². The molecule has 0 radical (unpaired) electrons. The first-order chi connectivity index (χ1) is 9.86. The Kier molecular flexibility index (Phi) is 3.56. The molecule has 114 valence electrons. The molecule has 1 aliphatic carbocycles. The van der Waals surface area contributed by atoms with E-state index < -0.39 is 0 Å². The van der Waals surface area contributed by atoms with Gasteiger partial charge in [-0.25, -0.2) is 0 Å². The molecule has 1 aromatic rings. The summed E-state index contributed by atoms with van der Waals surface area (Å²) in [5.74, 6) is 0.415. The average Bonchev–Trinajstić information content (AvgIpc) is 3.02. The average molecular weight is 286 g/mol. The summed E-state index contributed by atoms with van der Waals surface area (Å²) in [5, 5.41) is 0. The van der Waals surface area contributed by atoms with Crippen molar-refractivity contribution in [3.63, 3.8) is 0 Å². The van der Waals surface area contributed by atoms with Crippen molar-refractivity contribution in [1.82, 2.24) is 0 Å². The highest BCUT2D eigenvalue weighted by molar-refractivity contribution is 5.97. The molecule has 1 fully saturated rings. The highest BCUT2D eigenvalue weighted by atomic mass is 16.2. The van der Waals surface area contributed by atoms with Gasteiger partial charge in [0.25, 0.3) is 0 Å². The number of nitrogens with zero attached hydrogens (tertiary/aromatic N) is 1. The maximum atomic E-state index is 12.7. The topological polar surface area (TPSA) is 46.3 Å². The summed E-state index contributed by atoms with van der Waals surface area (Å²) in [6.45, 7) is 7.51. The van der Waals surface area contributed by atoms with Crippen LogP contribution in [-0.4, -0.2) is 18.5 Å². The molecular formula is C18H26N2O. The minimum absolute atomic E-state index is 0.133. The van der Waals surface area contributed by atoms with E-state index in [9.17, 15) is 4.79 Å². The largest absolute Gasteiger partial charge is 0.328 e. The maximum absolute atomic E-state index is 12.7. The lowest BCUT2D eigenvalue weighted by Gasteiger charge is -2.23. The first-order valence-corrected chi connectivity index (χ1v) is 8.06. The fourth-order valence-electron chi connectivity index (χ4n) is 3.56. The summed E-state index contributed by atoms with van der Waals surface area (Å²) in [5.41, 5.74) is 9.89. The fraction of sp³-hybridized carbons (Fsp3) is 0.611. The number of rotatable bonds is 1. The molecule has 1 amide bonds. The number of amides is 1. The van der Waals surface area contributed by atoms with Crippen LogP contribution >= 0.6 is 0 Å². The van der Waals surface area contributed by atoms with Crippen molar-refractivity contribution in [2.24, 2.45) is 11.7 Å². The minimum atomic E-state index is 0.133. The summed E-state index contributed by atoms with van der Waals surface area (Å²) < 4.78 is 0. The van der Waals surface area contributed by atoms with E-state index in [1.165, 1.54) is 11.1 Å². The molecule has 0 spiro atoms. The van der Waals surface area contributed by atoms with Gasteiger partial charge in [0.05, 0.1) is 0 Å². The lowest BCUT2D eigenvalue weighted by molar-refractivity contribution is -0.122. The quantitative estimate of drug-likeness (QED) is 0.862. The van der Waals surface area contributed by atoms with Crippen LogP contribution in [0.1, 0.15) is 51.2 Å². The standard InChI is InChI=1S/C18H26N2O/c1-18(2,3)14-5-7-16-12(10-14)8-9-20(16)17(21)13-4-6-15(19)11-13/h5,7,10,13,15H,4,6,8-9,11,19H2,1-3H3. The van der Waals surface area contributed by atoms with Gasteiger partial charge in [-0.15, -0.1) is 0 Å². The van der Waals surface area contributed by atoms with Crippen molar-refractivity contribution in [3.05, 3.63) is 29.3 Å². The number of hydrogen-bond acceptors (Lipinski definition) is 2. The van der Waals surface area contributed by atoms with E-state index in [2.05, 4.69) is 39.0 Å². The van der Waals surface area contributed by atoms with Gasteiger partial charge in [0, 0.05) is 24.2 Å². The lowest BCUT2D eigenvalue weighted by atomic mass is 9.86. The molecule has 0 saturated heterocycles. The Balaban J connectivity index is 1.82. The lowest BCUT2D eigenvalue weighted by Crippen LogP contribution is -2.34. The molecule has 1 aliphatic heterocycles. The molecule has 0 aromatic heterocycles. The Morgan fingerprint density at radius 2 is 2.05 bits per heavy atom. The van der Waals surface area contributed by atoms with E-state index in [1.54, 1.807) is 0 Å². The van der Waals surface area contributed by atoms with Crippen LogP contribution in [0.3, 0.4) is 0 Å². The van der Waals surface area contributed by atoms with Gasteiger partial charge in [0.2, 0.25) is 5.91 Å². The van der Waals surface area contributed by atoms with Gasteiger partial charge in [0.15, 0.2) is 0 Å². The van der Waals surface area contributed by atoms with Crippen molar-refractivity contribution < 1.29 is 4.79 Å². The van der Waals surface area contributed by atoms with E-state index in [0.717, 1.165) is 37.9 Å². The second kappa shape index (κ2) is 5.13. The SMILES string of the molecule is CC(C)(C)c1ccc2c(c1)CCN2C(=O)C1CCC(N)C1. The molecule has 1 saturated carbocycles. The Morgan fingerprint density at radius 1 is 1.29 bits per heavy atom. The number of carbonyl (C=O) groups excluding carboxylic acids is 1. The van der Waals surface area contributed by atoms with Gasteiger partial charge >= 0.3 is 0 Å². The molecule has 2 N–H and O–H groups in total. The molecule has 2 unspecified atom stereocenters. The van der Waals surface area contributed by atoms with Crippen LogP contribution in [0.25, 0.3) is 0 Å². The number of fused-ring (bicyclic) bond motifs is 1. The second-order valence-corrected chi connectivity index (χ2v) is 7.60. The Morgan fingerprint density at radius 3 is 2.67 bits per heavy atom. The number of carbonyl (C=O) groups is 1. The third kappa shape index (κ3) is 2.71. The molecule has 21 heavy (non-hydrogen) atoms. The Bertz CT molecular complexity index is 559. The van der Waals surface area contributed by atoms with E-state index >= 15 is 0 Å². The Labute approximate surface area is 127 Å². The van der Waals surface area contributed by atoms with Gasteiger partial charge < -0.3 is 10.6 Å². The number of nitrogens with two attached hydrogens (primary N) is 1. The molecule has 2 aliphatic rings. The van der Waals surface area contributed by atoms with E-state index in [-0.39, 0.29) is 23.3 Å². The van der Waals surface area contributed by atoms with E-state index in [0.29, 0.717) is 0 Å². The molecule has 0 bridgehead atoms. The summed E-state index contributed by atoms with van der Waals surface area (Å²) in [6.07, 6.45) is 3.76. The van der Waals surface area contributed by atoms with Crippen LogP contribution in [0.15, 0.2) is 18.2 Å². The first-order valence-electron chi connectivity index (χ1n) is 8.06. The summed E-state index contributed by atoms with van der Waals surface area (Å²) in [4.78, 5) is 14.7. The first kappa shape index (κ1) is 14.6. The molecule has 3 rings (SSSR count). The van der Waals surface area contributed by atoms with Gasteiger partial charge in [-0.3, -0.25) is 4.79 Å². The third-order valence-corrected chi connectivity index (χ3v) is 4.93. The van der Waals surface area contributed by atoms with Gasteiger partial charge in [-0.05, 0) is 48.3 Å². The molecule has 1 aromatic carbocycles. The van der Waals surface area contributed by atoms with Crippen LogP contribution in [0.5, 0.6) is 0 Å². The molecule has 2 atom stereocenters. The predicted molar refractivity (Wildman–Crippen MR) is 86.5 cm³/mol. The van der Waals surface area contributed by atoms with E-state index in [4.69, 9.17) is 5.73 Å². The number of benzene rings is 1. The van der Waals surface area contributed by atoms with Crippen molar-refractivity contribution in [2.45, 2.75) is 57.9 Å². The van der Waals surface area contributed by atoms with Gasteiger partial charge in [-0.1, -0.05) is 32.9 Å². The third-order valence-electron chi connectivity index (χ3n) is 4.93. The van der Waals surface area contributed by atoms with Crippen LogP contribution in [-0.2, 0) is 16.6 Å². The van der Waals surface area contributed by atoms with Gasteiger partial charge in [-0.2, -0.15) is 0 Å². The smallest absolute Gasteiger partial charge is 0.230 e. The zero-order valence-corrected chi connectivity index (χ0v) is 13.4. The molecule has 1 heterocycles. The van der Waals surface area contributed by atoms with Crippen LogP contribution in [0, 0.1) is 5.92 Å². The van der Waals surface area contributed by atoms with E-state index in [1.807, 2.05) is 4.90 Å². The summed E-state index contributed by atoms with van der Waals surface area (Å²) in [6, 6.07) is 6.80. The van der Waals surface area contributed by atoms with Crippen LogP contribution < -0.4 is 10.6 Å².